The van der Waals surface area contributed by atoms with Crippen molar-refractivity contribution in [3.8, 4) is 11.5 Å². The van der Waals surface area contributed by atoms with E-state index in [0.717, 1.165) is 43.6 Å². The number of methoxy groups -OCH3 is 2. The molecule has 1 aliphatic carbocycles. The zero-order valence-electron chi connectivity index (χ0n) is 18.6. The highest BCUT2D eigenvalue weighted by Gasteiger charge is 2.30. The Morgan fingerprint density at radius 3 is 2.88 bits per heavy atom. The van der Waals surface area contributed by atoms with E-state index >= 15 is 0 Å². The molecule has 32 heavy (non-hydrogen) atoms. The first-order valence-electron chi connectivity index (χ1n) is 11.3. The van der Waals surface area contributed by atoms with E-state index in [1.165, 1.54) is 24.1 Å². The van der Waals surface area contributed by atoms with Crippen molar-refractivity contribution in [2.24, 2.45) is 5.92 Å². The highest BCUT2D eigenvalue weighted by Crippen LogP contribution is 2.33. The van der Waals surface area contributed by atoms with Gasteiger partial charge in [-0.25, -0.2) is 9.50 Å². The Morgan fingerprint density at radius 2 is 2.03 bits per heavy atom. The number of carbonyl (C=O) groups excluding carboxylic acids is 1. The topological polar surface area (TPSA) is 81.0 Å². The molecule has 1 amide bonds. The number of amides is 1. The van der Waals surface area contributed by atoms with Gasteiger partial charge in [0.15, 0.2) is 5.82 Å². The summed E-state index contributed by atoms with van der Waals surface area (Å²) in [5.41, 5.74) is 4.26. The van der Waals surface area contributed by atoms with Crippen LogP contribution in [-0.4, -0.2) is 47.8 Å². The SMILES string of the molecule is COc1ccc(OC)c(NC(=O)[C@H]2CCCN(c3nccn4nc5c(c34)CCCC5)C2)c1. The van der Waals surface area contributed by atoms with Gasteiger partial charge in [0, 0.05) is 37.1 Å². The second kappa shape index (κ2) is 8.68. The van der Waals surface area contributed by atoms with Gasteiger partial charge in [0.25, 0.3) is 0 Å². The number of piperidine rings is 1. The molecule has 1 atom stereocenters. The monoisotopic (exact) mass is 435 g/mol. The van der Waals surface area contributed by atoms with Gasteiger partial charge in [-0.15, -0.1) is 0 Å². The van der Waals surface area contributed by atoms with Crippen LogP contribution in [0.25, 0.3) is 5.52 Å². The Hall–Kier alpha value is -3.29. The first-order valence-corrected chi connectivity index (χ1v) is 11.3. The molecule has 2 aromatic heterocycles. The number of rotatable bonds is 5. The lowest BCUT2D eigenvalue weighted by Gasteiger charge is -2.33. The van der Waals surface area contributed by atoms with Gasteiger partial charge in [-0.05, 0) is 50.7 Å². The summed E-state index contributed by atoms with van der Waals surface area (Å²) >= 11 is 0. The summed E-state index contributed by atoms with van der Waals surface area (Å²) in [6.07, 6.45) is 9.98. The van der Waals surface area contributed by atoms with Crippen molar-refractivity contribution < 1.29 is 14.3 Å². The van der Waals surface area contributed by atoms with Crippen LogP contribution >= 0.6 is 0 Å². The third kappa shape index (κ3) is 3.74. The predicted molar refractivity (Wildman–Crippen MR) is 123 cm³/mol. The average Bonchev–Trinajstić information content (AvgIpc) is 3.23. The summed E-state index contributed by atoms with van der Waals surface area (Å²) in [6, 6.07) is 5.41. The van der Waals surface area contributed by atoms with E-state index in [4.69, 9.17) is 19.6 Å². The minimum atomic E-state index is -0.138. The van der Waals surface area contributed by atoms with Crippen LogP contribution in [0.3, 0.4) is 0 Å². The molecule has 0 bridgehead atoms. The van der Waals surface area contributed by atoms with Gasteiger partial charge in [-0.1, -0.05) is 0 Å². The Morgan fingerprint density at radius 1 is 1.16 bits per heavy atom. The Labute approximate surface area is 187 Å². The lowest BCUT2D eigenvalue weighted by molar-refractivity contribution is -0.120. The van der Waals surface area contributed by atoms with Gasteiger partial charge in [0.2, 0.25) is 5.91 Å². The molecule has 168 valence electrons. The lowest BCUT2D eigenvalue weighted by Crippen LogP contribution is -2.41. The van der Waals surface area contributed by atoms with Crippen molar-refractivity contribution in [3.63, 3.8) is 0 Å². The van der Waals surface area contributed by atoms with Gasteiger partial charge < -0.3 is 19.7 Å². The second-order valence-corrected chi connectivity index (χ2v) is 8.52. The highest BCUT2D eigenvalue weighted by molar-refractivity contribution is 5.94. The fraction of sp³-hybridized carbons (Fsp3) is 0.458. The molecular formula is C24H29N5O3. The fourth-order valence-electron chi connectivity index (χ4n) is 4.91. The van der Waals surface area contributed by atoms with E-state index in [9.17, 15) is 4.79 Å². The van der Waals surface area contributed by atoms with E-state index in [0.29, 0.717) is 23.7 Å². The van der Waals surface area contributed by atoms with Crippen molar-refractivity contribution in [1.82, 2.24) is 14.6 Å². The second-order valence-electron chi connectivity index (χ2n) is 8.52. The molecule has 0 unspecified atom stereocenters. The summed E-state index contributed by atoms with van der Waals surface area (Å²) in [5.74, 6) is 2.08. The van der Waals surface area contributed by atoms with Crippen molar-refractivity contribution in [1.29, 1.82) is 0 Å². The van der Waals surface area contributed by atoms with Crippen LogP contribution in [0.15, 0.2) is 30.6 Å². The molecule has 0 spiro atoms. The first kappa shape index (κ1) is 20.6. The molecule has 3 heterocycles. The molecule has 0 radical (unpaired) electrons. The number of carbonyl (C=O) groups is 1. The quantitative estimate of drug-likeness (QED) is 0.661. The van der Waals surface area contributed by atoms with Crippen LogP contribution in [0.2, 0.25) is 0 Å². The summed E-state index contributed by atoms with van der Waals surface area (Å²) in [5, 5.41) is 7.85. The van der Waals surface area contributed by atoms with Crippen LogP contribution in [-0.2, 0) is 17.6 Å². The van der Waals surface area contributed by atoms with Gasteiger partial charge in [0.05, 0.1) is 31.5 Å². The summed E-state index contributed by atoms with van der Waals surface area (Å²) in [6.45, 7) is 1.52. The van der Waals surface area contributed by atoms with Crippen molar-refractivity contribution in [2.45, 2.75) is 38.5 Å². The maximum Gasteiger partial charge on any atom is 0.229 e. The molecule has 8 nitrogen and oxygen atoms in total. The number of hydrogen-bond donors (Lipinski definition) is 1. The van der Waals surface area contributed by atoms with Crippen molar-refractivity contribution in [3.05, 3.63) is 41.9 Å². The first-order chi connectivity index (χ1) is 15.7. The number of ether oxygens (including phenoxy) is 2. The minimum Gasteiger partial charge on any atom is -0.497 e. The van der Waals surface area contributed by atoms with Crippen LogP contribution < -0.4 is 19.7 Å². The Kier molecular flexibility index (Phi) is 5.59. The van der Waals surface area contributed by atoms with E-state index in [-0.39, 0.29) is 11.8 Å². The zero-order valence-corrected chi connectivity index (χ0v) is 18.6. The van der Waals surface area contributed by atoms with Crippen molar-refractivity contribution in [2.75, 3.05) is 37.5 Å². The highest BCUT2D eigenvalue weighted by atomic mass is 16.5. The van der Waals surface area contributed by atoms with Crippen molar-refractivity contribution >= 4 is 22.9 Å². The maximum atomic E-state index is 13.2. The molecule has 2 aliphatic rings. The fourth-order valence-corrected chi connectivity index (χ4v) is 4.91. The third-order valence-electron chi connectivity index (χ3n) is 6.55. The van der Waals surface area contributed by atoms with Crippen LogP contribution in [0, 0.1) is 5.92 Å². The molecule has 1 aromatic carbocycles. The molecule has 1 fully saturated rings. The van der Waals surface area contributed by atoms with Crippen LogP contribution in [0.4, 0.5) is 11.5 Å². The number of benzene rings is 1. The normalized spacial score (nSPS) is 18.3. The molecule has 1 saturated heterocycles. The molecule has 0 saturated carbocycles. The summed E-state index contributed by atoms with van der Waals surface area (Å²) in [7, 11) is 3.20. The zero-order chi connectivity index (χ0) is 22.1. The van der Waals surface area contributed by atoms with Gasteiger partial charge in [-0.2, -0.15) is 5.10 Å². The maximum absolute atomic E-state index is 13.2. The number of aryl methyl sites for hydroxylation is 2. The van der Waals surface area contributed by atoms with E-state index in [2.05, 4.69) is 10.2 Å². The predicted octanol–water partition coefficient (Wildman–Crippen LogP) is 3.48. The van der Waals surface area contributed by atoms with E-state index in [1.54, 1.807) is 26.4 Å². The smallest absolute Gasteiger partial charge is 0.229 e. The minimum absolute atomic E-state index is 0.0104. The van der Waals surface area contributed by atoms with E-state index in [1.807, 2.05) is 23.0 Å². The van der Waals surface area contributed by atoms with Crippen LogP contribution in [0.5, 0.6) is 11.5 Å². The number of nitrogens with zero attached hydrogens (tertiary/aromatic N) is 4. The van der Waals surface area contributed by atoms with E-state index < -0.39 is 0 Å². The summed E-state index contributed by atoms with van der Waals surface area (Å²) < 4.78 is 12.7. The average molecular weight is 436 g/mol. The van der Waals surface area contributed by atoms with Gasteiger partial charge in [-0.3, -0.25) is 4.79 Å². The molecule has 1 aliphatic heterocycles. The molecule has 8 heteroatoms. The van der Waals surface area contributed by atoms with Gasteiger partial charge in [0.1, 0.15) is 17.0 Å². The Bertz CT molecular complexity index is 1140. The molecule has 3 aromatic rings. The molecule has 1 N–H and O–H groups in total. The third-order valence-corrected chi connectivity index (χ3v) is 6.55. The van der Waals surface area contributed by atoms with Gasteiger partial charge >= 0.3 is 0 Å². The number of fused-ring (bicyclic) bond motifs is 3. The summed E-state index contributed by atoms with van der Waals surface area (Å²) in [4.78, 5) is 20.2. The molecular weight excluding hydrogens is 406 g/mol. The Balaban J connectivity index is 1.39. The largest absolute Gasteiger partial charge is 0.497 e. The molecule has 5 rings (SSSR count). The lowest BCUT2D eigenvalue weighted by atomic mass is 9.95. The number of nitrogens with one attached hydrogen (secondary N) is 1. The number of hydrogen-bond acceptors (Lipinski definition) is 6. The number of anilines is 2. The number of aromatic nitrogens is 3. The van der Waals surface area contributed by atoms with Crippen LogP contribution in [0.1, 0.15) is 36.9 Å². The standard InChI is InChI=1S/C24H29N5O3/c1-31-17-9-10-21(32-2)20(14-17)26-24(30)16-6-5-12-28(15-16)23-22-18-7-3-4-8-19(18)27-29(22)13-11-25-23/h9-11,13-14,16H,3-8,12,15H2,1-2H3,(H,26,30)/t16-/m0/s1.